The van der Waals surface area contributed by atoms with E-state index < -0.39 is 5.60 Å². The van der Waals surface area contributed by atoms with Crippen LogP contribution < -0.4 is 5.32 Å². The minimum atomic E-state index is -0.469. The van der Waals surface area contributed by atoms with Crippen molar-refractivity contribution in [2.45, 2.75) is 46.6 Å². The summed E-state index contributed by atoms with van der Waals surface area (Å²) in [6.07, 6.45) is 4.44. The van der Waals surface area contributed by atoms with E-state index in [0.29, 0.717) is 6.54 Å². The van der Waals surface area contributed by atoms with Gasteiger partial charge in [0.1, 0.15) is 5.60 Å². The largest absolute Gasteiger partial charge is 0.444 e. The summed E-state index contributed by atoms with van der Waals surface area (Å²) in [5, 5.41) is 7.26. The van der Waals surface area contributed by atoms with Crippen molar-refractivity contribution < 1.29 is 9.53 Å². The fourth-order valence-corrected chi connectivity index (χ4v) is 2.44. The van der Waals surface area contributed by atoms with E-state index in [1.807, 2.05) is 69.7 Å². The van der Waals surface area contributed by atoms with Crippen LogP contribution in [0.3, 0.4) is 0 Å². The first-order valence-corrected chi connectivity index (χ1v) is 8.52. The van der Waals surface area contributed by atoms with Crippen LogP contribution in [0.4, 0.5) is 4.79 Å². The Labute approximate surface area is 149 Å². The summed E-state index contributed by atoms with van der Waals surface area (Å²) in [5.41, 5.74) is 3.79. The van der Waals surface area contributed by atoms with Gasteiger partial charge in [-0.15, -0.1) is 0 Å². The number of rotatable bonds is 5. The monoisotopic (exact) mass is 341 g/mol. The van der Waals surface area contributed by atoms with Crippen LogP contribution in [0.25, 0.3) is 11.8 Å². The van der Waals surface area contributed by atoms with Gasteiger partial charge in [-0.2, -0.15) is 5.10 Å². The molecular formula is C20H27N3O2. The van der Waals surface area contributed by atoms with E-state index in [2.05, 4.69) is 22.5 Å². The van der Waals surface area contributed by atoms with Crippen LogP contribution >= 0.6 is 0 Å². The Morgan fingerprint density at radius 1 is 1.28 bits per heavy atom. The van der Waals surface area contributed by atoms with Gasteiger partial charge in [0.05, 0.1) is 11.4 Å². The molecule has 0 aliphatic heterocycles. The summed E-state index contributed by atoms with van der Waals surface area (Å²) < 4.78 is 7.14. The van der Waals surface area contributed by atoms with Crippen LogP contribution in [0.2, 0.25) is 0 Å². The van der Waals surface area contributed by atoms with E-state index in [1.54, 1.807) is 0 Å². The highest BCUT2D eigenvalue weighted by Crippen LogP contribution is 2.15. The van der Waals surface area contributed by atoms with Crippen molar-refractivity contribution in [2.75, 3.05) is 6.54 Å². The number of ether oxygens (including phenoxy) is 1. The Morgan fingerprint density at radius 3 is 2.68 bits per heavy atom. The van der Waals surface area contributed by atoms with Gasteiger partial charge in [-0.3, -0.25) is 0 Å². The van der Waals surface area contributed by atoms with Crippen molar-refractivity contribution in [1.29, 1.82) is 0 Å². The number of carbonyl (C=O) groups is 1. The van der Waals surface area contributed by atoms with Crippen LogP contribution in [0, 0.1) is 13.8 Å². The number of alkyl carbamates (subject to hydrolysis) is 1. The van der Waals surface area contributed by atoms with Crippen LogP contribution in [0.1, 0.15) is 44.1 Å². The molecule has 1 amide bonds. The second-order valence-electron chi connectivity index (χ2n) is 7.05. The smallest absolute Gasteiger partial charge is 0.407 e. The van der Waals surface area contributed by atoms with Crippen molar-refractivity contribution in [3.8, 4) is 5.69 Å². The summed E-state index contributed by atoms with van der Waals surface area (Å²) in [5.74, 6) is 0. The lowest BCUT2D eigenvalue weighted by molar-refractivity contribution is 0.0529. The number of aryl methyl sites for hydroxylation is 2. The van der Waals surface area contributed by atoms with Crippen molar-refractivity contribution >= 4 is 12.2 Å². The Hall–Kier alpha value is -2.56. The molecule has 2 rings (SSSR count). The van der Waals surface area contributed by atoms with E-state index in [4.69, 9.17) is 4.74 Å². The molecule has 134 valence electrons. The molecular weight excluding hydrogens is 314 g/mol. The average molecular weight is 341 g/mol. The standard InChI is InChI=1S/C20H27N3O2/c1-15-13-16(2)23(22-15)18-11-8-10-17(14-18)9-6-7-12-21-19(24)25-20(3,4)5/h6,8-11,13-14H,7,12H2,1-5H3,(H,21,24). The zero-order valence-electron chi connectivity index (χ0n) is 15.7. The second-order valence-corrected chi connectivity index (χ2v) is 7.05. The third kappa shape index (κ3) is 6.10. The van der Waals surface area contributed by atoms with Gasteiger partial charge < -0.3 is 10.1 Å². The Balaban J connectivity index is 1.89. The van der Waals surface area contributed by atoms with Crippen molar-refractivity contribution in [1.82, 2.24) is 15.1 Å². The lowest BCUT2D eigenvalue weighted by atomic mass is 10.1. The van der Waals surface area contributed by atoms with Gasteiger partial charge in [-0.25, -0.2) is 9.48 Å². The molecule has 25 heavy (non-hydrogen) atoms. The molecule has 0 saturated heterocycles. The molecule has 0 aliphatic rings. The molecule has 0 bridgehead atoms. The molecule has 5 nitrogen and oxygen atoms in total. The zero-order valence-corrected chi connectivity index (χ0v) is 15.7. The molecule has 1 N–H and O–H groups in total. The van der Waals surface area contributed by atoms with Crippen LogP contribution in [-0.4, -0.2) is 28.0 Å². The highest BCUT2D eigenvalue weighted by atomic mass is 16.6. The number of amides is 1. The first-order chi connectivity index (χ1) is 11.7. The predicted molar refractivity (Wildman–Crippen MR) is 101 cm³/mol. The molecule has 0 saturated carbocycles. The maximum absolute atomic E-state index is 11.6. The predicted octanol–water partition coefficient (Wildman–Crippen LogP) is 4.42. The number of nitrogens with one attached hydrogen (secondary N) is 1. The molecule has 0 fully saturated rings. The summed E-state index contributed by atoms with van der Waals surface area (Å²) in [7, 11) is 0. The summed E-state index contributed by atoms with van der Waals surface area (Å²) >= 11 is 0. The minimum absolute atomic E-state index is 0.382. The van der Waals surface area contributed by atoms with Crippen LogP contribution in [0.15, 0.2) is 36.4 Å². The number of hydrogen-bond donors (Lipinski definition) is 1. The molecule has 0 unspecified atom stereocenters. The summed E-state index contributed by atoms with van der Waals surface area (Å²) in [6, 6.07) is 10.3. The van der Waals surface area contributed by atoms with Gasteiger partial charge in [0.25, 0.3) is 0 Å². The molecule has 5 heteroatoms. The van der Waals surface area contributed by atoms with Gasteiger partial charge in [0.15, 0.2) is 0 Å². The number of benzene rings is 1. The highest BCUT2D eigenvalue weighted by Gasteiger charge is 2.15. The molecule has 1 aromatic heterocycles. The quantitative estimate of drug-likeness (QED) is 0.819. The minimum Gasteiger partial charge on any atom is -0.444 e. The van der Waals surface area contributed by atoms with Gasteiger partial charge >= 0.3 is 6.09 Å². The fraction of sp³-hybridized carbons (Fsp3) is 0.400. The number of nitrogens with zero attached hydrogens (tertiary/aromatic N) is 2. The van der Waals surface area contributed by atoms with E-state index in [0.717, 1.165) is 29.1 Å². The second kappa shape index (κ2) is 8.01. The zero-order chi connectivity index (χ0) is 18.4. The average Bonchev–Trinajstić information content (AvgIpc) is 2.84. The van der Waals surface area contributed by atoms with Gasteiger partial charge in [-0.05, 0) is 64.8 Å². The van der Waals surface area contributed by atoms with Crippen molar-refractivity contribution in [3.63, 3.8) is 0 Å². The Bertz CT molecular complexity index is 755. The topological polar surface area (TPSA) is 56.2 Å². The molecule has 0 radical (unpaired) electrons. The molecule has 1 aromatic carbocycles. The van der Waals surface area contributed by atoms with Gasteiger partial charge in [-0.1, -0.05) is 24.3 Å². The Morgan fingerprint density at radius 2 is 2.04 bits per heavy atom. The third-order valence-corrected chi connectivity index (χ3v) is 3.41. The first-order valence-electron chi connectivity index (χ1n) is 8.52. The summed E-state index contributed by atoms with van der Waals surface area (Å²) in [6.45, 7) is 10.1. The summed E-state index contributed by atoms with van der Waals surface area (Å²) in [4.78, 5) is 11.6. The Kier molecular flexibility index (Phi) is 6.02. The van der Waals surface area contributed by atoms with Crippen LogP contribution in [-0.2, 0) is 4.74 Å². The van der Waals surface area contributed by atoms with E-state index in [-0.39, 0.29) is 6.09 Å². The molecule has 0 atom stereocenters. The number of carbonyl (C=O) groups excluding carboxylic acids is 1. The lowest BCUT2D eigenvalue weighted by Gasteiger charge is -2.19. The maximum atomic E-state index is 11.6. The third-order valence-electron chi connectivity index (χ3n) is 3.41. The highest BCUT2D eigenvalue weighted by molar-refractivity contribution is 5.67. The van der Waals surface area contributed by atoms with Gasteiger partial charge in [0, 0.05) is 12.2 Å². The fourth-order valence-electron chi connectivity index (χ4n) is 2.44. The molecule has 2 aromatic rings. The van der Waals surface area contributed by atoms with E-state index >= 15 is 0 Å². The van der Waals surface area contributed by atoms with E-state index in [1.165, 1.54) is 0 Å². The molecule has 0 aliphatic carbocycles. The molecule has 1 heterocycles. The maximum Gasteiger partial charge on any atom is 0.407 e. The SMILES string of the molecule is Cc1cc(C)n(-c2cccc(C=CCCNC(=O)OC(C)(C)C)c2)n1. The van der Waals surface area contributed by atoms with Crippen molar-refractivity contribution in [2.24, 2.45) is 0 Å². The van der Waals surface area contributed by atoms with E-state index in [9.17, 15) is 4.79 Å². The number of aromatic nitrogens is 2. The molecule has 0 spiro atoms. The number of hydrogen-bond acceptors (Lipinski definition) is 3. The van der Waals surface area contributed by atoms with Crippen LogP contribution in [0.5, 0.6) is 0 Å². The lowest BCUT2D eigenvalue weighted by Crippen LogP contribution is -2.32. The van der Waals surface area contributed by atoms with Crippen molar-refractivity contribution in [3.05, 3.63) is 53.4 Å². The first kappa shape index (κ1) is 18.8. The van der Waals surface area contributed by atoms with Gasteiger partial charge in [0.2, 0.25) is 0 Å². The normalized spacial score (nSPS) is 11.7.